The van der Waals surface area contributed by atoms with Gasteiger partial charge in [0.1, 0.15) is 5.82 Å². The Bertz CT molecular complexity index is 1100. The summed E-state index contributed by atoms with van der Waals surface area (Å²) in [7, 11) is 1.61. The van der Waals surface area contributed by atoms with Gasteiger partial charge in [0, 0.05) is 45.0 Å². The van der Waals surface area contributed by atoms with Gasteiger partial charge in [-0.2, -0.15) is 18.3 Å². The fourth-order valence-corrected chi connectivity index (χ4v) is 4.05. The number of anilines is 1. The van der Waals surface area contributed by atoms with E-state index in [0.717, 1.165) is 29.1 Å². The Kier molecular flexibility index (Phi) is 6.62. The second-order valence-corrected chi connectivity index (χ2v) is 7.87. The molecule has 1 aliphatic heterocycles. The van der Waals surface area contributed by atoms with Crippen LogP contribution < -0.4 is 4.90 Å². The van der Waals surface area contributed by atoms with Gasteiger partial charge in [-0.25, -0.2) is 9.83 Å². The molecule has 0 bridgehead atoms. The monoisotopic (exact) mass is 456 g/mol. The van der Waals surface area contributed by atoms with Crippen LogP contribution in [-0.2, 0) is 17.5 Å². The first-order chi connectivity index (χ1) is 15.9. The van der Waals surface area contributed by atoms with Crippen LogP contribution in [0.15, 0.2) is 48.8 Å². The van der Waals surface area contributed by atoms with Crippen LogP contribution in [0.25, 0.3) is 16.1 Å². The SMILES string of the molecule is [C-]#[N+]c1ccc(-c2[nH]ncc2CN2CCN(c3ccc(C(F)(F)F)cn3)[C@H](COC)C2)cc1. The molecule has 0 amide bonds. The van der Waals surface area contributed by atoms with E-state index in [4.69, 9.17) is 11.3 Å². The van der Waals surface area contributed by atoms with Crippen molar-refractivity contribution in [2.45, 2.75) is 18.8 Å². The zero-order valence-electron chi connectivity index (χ0n) is 18.0. The molecule has 4 rings (SSSR count). The highest BCUT2D eigenvalue weighted by Crippen LogP contribution is 2.30. The Hall–Kier alpha value is -3.42. The summed E-state index contributed by atoms with van der Waals surface area (Å²) in [6.07, 6.45) is -1.73. The fraction of sp³-hybridized carbons (Fsp3) is 0.348. The summed E-state index contributed by atoms with van der Waals surface area (Å²) in [6, 6.07) is 9.77. The number of nitrogens with one attached hydrogen (secondary N) is 1. The first-order valence-electron chi connectivity index (χ1n) is 10.4. The lowest BCUT2D eigenvalue weighted by Crippen LogP contribution is -2.55. The van der Waals surface area contributed by atoms with Crippen LogP contribution in [0.1, 0.15) is 11.1 Å². The number of piperazine rings is 1. The van der Waals surface area contributed by atoms with Crippen LogP contribution in [-0.4, -0.2) is 59.5 Å². The summed E-state index contributed by atoms with van der Waals surface area (Å²) < 4.78 is 44.0. The van der Waals surface area contributed by atoms with E-state index in [0.29, 0.717) is 44.3 Å². The molecule has 1 atom stereocenters. The number of aromatic amines is 1. The highest BCUT2D eigenvalue weighted by Gasteiger charge is 2.32. The summed E-state index contributed by atoms with van der Waals surface area (Å²) >= 11 is 0. The minimum Gasteiger partial charge on any atom is -0.383 e. The number of benzene rings is 1. The molecule has 3 heterocycles. The number of ether oxygens (including phenoxy) is 1. The van der Waals surface area contributed by atoms with Crippen molar-refractivity contribution in [1.82, 2.24) is 20.1 Å². The van der Waals surface area contributed by atoms with E-state index in [1.54, 1.807) is 25.4 Å². The predicted molar refractivity (Wildman–Crippen MR) is 118 cm³/mol. The van der Waals surface area contributed by atoms with E-state index in [2.05, 4.69) is 24.9 Å². The van der Waals surface area contributed by atoms with Crippen LogP contribution in [0.2, 0.25) is 0 Å². The molecule has 0 aliphatic carbocycles. The van der Waals surface area contributed by atoms with Gasteiger partial charge >= 0.3 is 6.18 Å². The van der Waals surface area contributed by atoms with Gasteiger partial charge in [-0.05, 0) is 17.7 Å². The van der Waals surface area contributed by atoms with Crippen molar-refractivity contribution >= 4 is 11.5 Å². The molecule has 0 spiro atoms. The second kappa shape index (κ2) is 9.60. The molecule has 0 saturated carbocycles. The zero-order chi connectivity index (χ0) is 23.4. The third-order valence-electron chi connectivity index (χ3n) is 5.69. The molecule has 33 heavy (non-hydrogen) atoms. The molecule has 0 unspecified atom stereocenters. The molecule has 3 aromatic rings. The summed E-state index contributed by atoms with van der Waals surface area (Å²) in [6.45, 7) is 10.2. The first kappa shape index (κ1) is 22.8. The number of H-pyrrole nitrogens is 1. The maximum absolute atomic E-state index is 12.9. The van der Waals surface area contributed by atoms with E-state index >= 15 is 0 Å². The number of rotatable bonds is 6. The van der Waals surface area contributed by atoms with Crippen molar-refractivity contribution in [3.8, 4) is 11.3 Å². The number of hydrogen-bond donors (Lipinski definition) is 1. The van der Waals surface area contributed by atoms with Crippen LogP contribution in [0.4, 0.5) is 24.7 Å². The molecule has 1 saturated heterocycles. The average Bonchev–Trinajstić information content (AvgIpc) is 3.27. The van der Waals surface area contributed by atoms with Gasteiger partial charge < -0.3 is 9.64 Å². The number of pyridine rings is 1. The number of alkyl halides is 3. The van der Waals surface area contributed by atoms with Crippen molar-refractivity contribution in [3.05, 3.63) is 71.3 Å². The van der Waals surface area contributed by atoms with Crippen molar-refractivity contribution in [2.75, 3.05) is 38.3 Å². The molecule has 10 heteroatoms. The number of hydrogen-bond acceptors (Lipinski definition) is 5. The van der Waals surface area contributed by atoms with E-state index in [1.165, 1.54) is 6.07 Å². The third-order valence-corrected chi connectivity index (χ3v) is 5.69. The van der Waals surface area contributed by atoms with Gasteiger partial charge in [0.05, 0.1) is 36.7 Å². The van der Waals surface area contributed by atoms with Crippen LogP contribution in [0.3, 0.4) is 0 Å². The molecule has 1 aromatic carbocycles. The Morgan fingerprint density at radius 2 is 1.94 bits per heavy atom. The minimum atomic E-state index is -4.41. The number of nitrogens with zero attached hydrogens (tertiary/aromatic N) is 5. The summed E-state index contributed by atoms with van der Waals surface area (Å²) in [5, 5.41) is 7.25. The van der Waals surface area contributed by atoms with Gasteiger partial charge in [-0.15, -0.1) is 0 Å². The van der Waals surface area contributed by atoms with Gasteiger partial charge in [0.15, 0.2) is 5.69 Å². The fourth-order valence-electron chi connectivity index (χ4n) is 4.05. The lowest BCUT2D eigenvalue weighted by Gasteiger charge is -2.42. The van der Waals surface area contributed by atoms with Crippen LogP contribution in [0.5, 0.6) is 0 Å². The largest absolute Gasteiger partial charge is 0.417 e. The molecule has 0 radical (unpaired) electrons. The lowest BCUT2D eigenvalue weighted by molar-refractivity contribution is -0.137. The summed E-state index contributed by atoms with van der Waals surface area (Å²) in [4.78, 5) is 11.8. The van der Waals surface area contributed by atoms with Crippen LogP contribution in [0, 0.1) is 6.57 Å². The maximum atomic E-state index is 12.9. The highest BCUT2D eigenvalue weighted by atomic mass is 19.4. The first-order valence-corrected chi connectivity index (χ1v) is 10.4. The van der Waals surface area contributed by atoms with Crippen molar-refractivity contribution < 1.29 is 17.9 Å². The van der Waals surface area contributed by atoms with Crippen molar-refractivity contribution in [2.24, 2.45) is 0 Å². The topological polar surface area (TPSA) is 61.6 Å². The molecule has 2 aromatic heterocycles. The molecule has 1 fully saturated rings. The zero-order valence-corrected chi connectivity index (χ0v) is 18.0. The maximum Gasteiger partial charge on any atom is 0.417 e. The summed E-state index contributed by atoms with van der Waals surface area (Å²) in [5.41, 5.74) is 2.71. The van der Waals surface area contributed by atoms with Gasteiger partial charge in [-0.1, -0.05) is 24.3 Å². The highest BCUT2D eigenvalue weighted by molar-refractivity contribution is 5.65. The molecule has 1 N–H and O–H groups in total. The van der Waals surface area contributed by atoms with Crippen molar-refractivity contribution in [1.29, 1.82) is 0 Å². The quantitative estimate of drug-likeness (QED) is 0.558. The minimum absolute atomic E-state index is 0.0544. The molecular formula is C23H23F3N6O. The average molecular weight is 456 g/mol. The van der Waals surface area contributed by atoms with Gasteiger partial charge in [0.2, 0.25) is 0 Å². The Morgan fingerprint density at radius 1 is 1.15 bits per heavy atom. The normalized spacial score (nSPS) is 17.2. The molecular weight excluding hydrogens is 433 g/mol. The van der Waals surface area contributed by atoms with Gasteiger partial charge in [0.25, 0.3) is 0 Å². The Morgan fingerprint density at radius 3 is 2.58 bits per heavy atom. The predicted octanol–water partition coefficient (Wildman–Crippen LogP) is 4.38. The van der Waals surface area contributed by atoms with E-state index < -0.39 is 11.7 Å². The van der Waals surface area contributed by atoms with E-state index in [9.17, 15) is 13.2 Å². The van der Waals surface area contributed by atoms with E-state index in [1.807, 2.05) is 17.0 Å². The lowest BCUT2D eigenvalue weighted by atomic mass is 10.1. The van der Waals surface area contributed by atoms with Crippen LogP contribution >= 0.6 is 0 Å². The number of aromatic nitrogens is 3. The van der Waals surface area contributed by atoms with E-state index in [-0.39, 0.29) is 6.04 Å². The summed E-state index contributed by atoms with van der Waals surface area (Å²) in [5.74, 6) is 0.508. The smallest absolute Gasteiger partial charge is 0.383 e. The molecule has 1 aliphatic rings. The number of methoxy groups -OCH3 is 1. The number of halogens is 3. The Labute approximate surface area is 189 Å². The molecule has 7 nitrogen and oxygen atoms in total. The molecule has 172 valence electrons. The van der Waals surface area contributed by atoms with Gasteiger partial charge in [-0.3, -0.25) is 10.00 Å². The second-order valence-electron chi connectivity index (χ2n) is 7.87. The standard InChI is InChI=1S/C23H23F3N6O/c1-27-19-6-3-16(4-7-19)22-17(11-29-30-22)13-31-9-10-32(20(14-31)15-33-2)21-8-5-18(12-28-21)23(24,25)26/h3-8,11-12,20H,9-10,13-15H2,2H3,(H,29,30)/t20-/m0/s1. The third kappa shape index (κ3) is 5.16. The van der Waals surface area contributed by atoms with Crippen molar-refractivity contribution in [3.63, 3.8) is 0 Å². The Balaban J connectivity index is 1.47.